The summed E-state index contributed by atoms with van der Waals surface area (Å²) in [6.45, 7) is 2.78. The van der Waals surface area contributed by atoms with Crippen molar-refractivity contribution in [3.05, 3.63) is 44.8 Å². The number of nitro groups is 1. The molecule has 0 spiro atoms. The lowest BCUT2D eigenvalue weighted by Gasteiger charge is -2.13. The van der Waals surface area contributed by atoms with Gasteiger partial charge in [-0.1, -0.05) is 62.3 Å². The van der Waals surface area contributed by atoms with E-state index < -0.39 is 4.92 Å². The SMILES string of the molecule is CCCCCCN1C(=O)/C(=C\c2cccc([N+](=O)[O-])c2)SC1=S. The van der Waals surface area contributed by atoms with Gasteiger partial charge in [0.1, 0.15) is 4.32 Å². The molecule has 1 saturated heterocycles. The van der Waals surface area contributed by atoms with Gasteiger partial charge < -0.3 is 0 Å². The Bertz CT molecular complexity index is 658. The monoisotopic (exact) mass is 350 g/mol. The molecule has 1 heterocycles. The summed E-state index contributed by atoms with van der Waals surface area (Å²) < 4.78 is 0.558. The maximum atomic E-state index is 12.4. The highest BCUT2D eigenvalue weighted by Crippen LogP contribution is 2.33. The first-order chi connectivity index (χ1) is 11.0. The van der Waals surface area contributed by atoms with E-state index >= 15 is 0 Å². The highest BCUT2D eigenvalue weighted by molar-refractivity contribution is 8.26. The molecule has 1 amide bonds. The molecular weight excluding hydrogens is 332 g/mol. The normalized spacial score (nSPS) is 16.4. The zero-order valence-corrected chi connectivity index (χ0v) is 14.5. The zero-order chi connectivity index (χ0) is 16.8. The van der Waals surface area contributed by atoms with Crippen molar-refractivity contribution in [3.63, 3.8) is 0 Å². The molecule has 0 N–H and O–H groups in total. The Morgan fingerprint density at radius 3 is 2.83 bits per heavy atom. The van der Waals surface area contributed by atoms with Gasteiger partial charge in [-0.15, -0.1) is 0 Å². The Kier molecular flexibility index (Phi) is 6.29. The number of nitro benzene ring substituents is 1. The number of non-ortho nitro benzene ring substituents is 1. The van der Waals surface area contributed by atoms with E-state index in [0.717, 1.165) is 25.7 Å². The van der Waals surface area contributed by atoms with E-state index in [1.54, 1.807) is 23.1 Å². The van der Waals surface area contributed by atoms with E-state index in [1.165, 1.54) is 23.9 Å². The highest BCUT2D eigenvalue weighted by Gasteiger charge is 2.31. The Hall–Kier alpha value is -1.73. The van der Waals surface area contributed by atoms with Crippen LogP contribution in [0.3, 0.4) is 0 Å². The van der Waals surface area contributed by atoms with E-state index in [2.05, 4.69) is 6.92 Å². The first-order valence-electron chi connectivity index (χ1n) is 7.52. The number of thiocarbonyl (C=S) groups is 1. The Labute approximate surface area is 144 Å². The Morgan fingerprint density at radius 2 is 2.13 bits per heavy atom. The molecule has 0 aliphatic carbocycles. The van der Waals surface area contributed by atoms with Crippen LogP contribution in [-0.4, -0.2) is 26.6 Å². The number of carbonyl (C=O) groups excluding carboxylic acids is 1. The van der Waals surface area contributed by atoms with Crippen molar-refractivity contribution in [1.82, 2.24) is 4.90 Å². The third-order valence-electron chi connectivity index (χ3n) is 3.49. The molecule has 1 aliphatic heterocycles. The van der Waals surface area contributed by atoms with Crippen LogP contribution in [-0.2, 0) is 4.79 Å². The fourth-order valence-corrected chi connectivity index (χ4v) is 3.58. The van der Waals surface area contributed by atoms with Crippen LogP contribution in [0.2, 0.25) is 0 Å². The number of amides is 1. The fraction of sp³-hybridized carbons (Fsp3) is 0.375. The van der Waals surface area contributed by atoms with E-state index in [9.17, 15) is 14.9 Å². The van der Waals surface area contributed by atoms with E-state index in [-0.39, 0.29) is 11.6 Å². The Morgan fingerprint density at radius 1 is 1.35 bits per heavy atom. The maximum absolute atomic E-state index is 12.4. The number of rotatable bonds is 7. The van der Waals surface area contributed by atoms with Crippen LogP contribution in [0.25, 0.3) is 6.08 Å². The molecule has 1 aromatic carbocycles. The maximum Gasteiger partial charge on any atom is 0.270 e. The van der Waals surface area contributed by atoms with Crippen LogP contribution < -0.4 is 0 Å². The lowest BCUT2D eigenvalue weighted by molar-refractivity contribution is -0.384. The summed E-state index contributed by atoms with van der Waals surface area (Å²) in [7, 11) is 0. The summed E-state index contributed by atoms with van der Waals surface area (Å²) in [5.41, 5.74) is 0.638. The lowest BCUT2D eigenvalue weighted by Crippen LogP contribution is -2.28. The summed E-state index contributed by atoms with van der Waals surface area (Å²) in [6, 6.07) is 6.22. The minimum Gasteiger partial charge on any atom is -0.293 e. The molecule has 0 saturated carbocycles. The minimum absolute atomic E-state index is 0.00814. The number of carbonyl (C=O) groups is 1. The fourth-order valence-electron chi connectivity index (χ4n) is 2.27. The molecule has 2 rings (SSSR count). The molecule has 0 atom stereocenters. The molecule has 1 fully saturated rings. The molecule has 1 aliphatic rings. The predicted octanol–water partition coefficient (Wildman–Crippen LogP) is 4.38. The van der Waals surface area contributed by atoms with Crippen molar-refractivity contribution < 1.29 is 9.72 Å². The van der Waals surface area contributed by atoms with Crippen molar-refractivity contribution in [2.45, 2.75) is 32.6 Å². The molecule has 0 bridgehead atoms. The molecule has 122 valence electrons. The second-order valence-corrected chi connectivity index (χ2v) is 6.92. The second-order valence-electron chi connectivity index (χ2n) is 5.25. The quantitative estimate of drug-likeness (QED) is 0.240. The molecular formula is C16H18N2O3S2. The van der Waals surface area contributed by atoms with Crippen molar-refractivity contribution in [2.24, 2.45) is 0 Å². The summed E-state index contributed by atoms with van der Waals surface area (Å²) in [5.74, 6) is -0.108. The lowest BCUT2D eigenvalue weighted by atomic mass is 10.2. The summed E-state index contributed by atoms with van der Waals surface area (Å²) >= 11 is 6.53. The minimum atomic E-state index is -0.448. The van der Waals surface area contributed by atoms with Gasteiger partial charge >= 0.3 is 0 Å². The standard InChI is InChI=1S/C16H18N2O3S2/c1-2-3-4-5-9-17-15(19)14(23-16(17)22)11-12-7-6-8-13(10-12)18(20)21/h6-8,10-11H,2-5,9H2,1H3/b14-11+. The van der Waals surface area contributed by atoms with Crippen LogP contribution >= 0.6 is 24.0 Å². The van der Waals surface area contributed by atoms with Crippen molar-refractivity contribution >= 4 is 46.0 Å². The van der Waals surface area contributed by atoms with Gasteiger partial charge in [0.15, 0.2) is 0 Å². The molecule has 1 aromatic rings. The number of hydrogen-bond acceptors (Lipinski definition) is 5. The first-order valence-corrected chi connectivity index (χ1v) is 8.75. The molecule has 7 heteroatoms. The van der Waals surface area contributed by atoms with Gasteiger partial charge in [0.05, 0.1) is 9.83 Å². The number of hydrogen-bond donors (Lipinski definition) is 0. The third kappa shape index (κ3) is 4.62. The molecule has 5 nitrogen and oxygen atoms in total. The van der Waals surface area contributed by atoms with Gasteiger partial charge in [-0.25, -0.2) is 0 Å². The van der Waals surface area contributed by atoms with Crippen LogP contribution in [0, 0.1) is 10.1 Å². The third-order valence-corrected chi connectivity index (χ3v) is 4.87. The van der Waals surface area contributed by atoms with E-state index in [4.69, 9.17) is 12.2 Å². The van der Waals surface area contributed by atoms with E-state index in [0.29, 0.717) is 21.3 Å². The molecule has 0 radical (unpaired) electrons. The van der Waals surface area contributed by atoms with Crippen molar-refractivity contribution in [3.8, 4) is 0 Å². The van der Waals surface area contributed by atoms with Crippen LogP contribution in [0.15, 0.2) is 29.2 Å². The van der Waals surface area contributed by atoms with Gasteiger partial charge in [-0.3, -0.25) is 19.8 Å². The van der Waals surface area contributed by atoms with Gasteiger partial charge in [0, 0.05) is 18.7 Å². The molecule has 0 aromatic heterocycles. The van der Waals surface area contributed by atoms with Crippen molar-refractivity contribution in [2.75, 3.05) is 6.54 Å². The summed E-state index contributed by atoms with van der Waals surface area (Å²) in [6.07, 6.45) is 5.98. The average molecular weight is 350 g/mol. The first kappa shape index (κ1) is 17.6. The van der Waals surface area contributed by atoms with Gasteiger partial charge in [-0.2, -0.15) is 0 Å². The topological polar surface area (TPSA) is 63.5 Å². The number of nitrogens with zero attached hydrogens (tertiary/aromatic N) is 2. The number of benzene rings is 1. The van der Waals surface area contributed by atoms with Gasteiger partial charge in [0.2, 0.25) is 0 Å². The smallest absolute Gasteiger partial charge is 0.270 e. The number of thioether (sulfide) groups is 1. The van der Waals surface area contributed by atoms with Gasteiger partial charge in [-0.05, 0) is 18.1 Å². The predicted molar refractivity (Wildman–Crippen MR) is 97.1 cm³/mol. The highest BCUT2D eigenvalue weighted by atomic mass is 32.2. The Balaban J connectivity index is 2.09. The molecule has 23 heavy (non-hydrogen) atoms. The van der Waals surface area contributed by atoms with Crippen LogP contribution in [0.5, 0.6) is 0 Å². The molecule has 0 unspecified atom stereocenters. The van der Waals surface area contributed by atoms with E-state index in [1.807, 2.05) is 0 Å². The second kappa shape index (κ2) is 8.21. The number of unbranched alkanes of at least 4 members (excludes halogenated alkanes) is 3. The summed E-state index contributed by atoms with van der Waals surface area (Å²) in [4.78, 5) is 24.9. The van der Waals surface area contributed by atoms with Crippen LogP contribution in [0.1, 0.15) is 38.2 Å². The van der Waals surface area contributed by atoms with Gasteiger partial charge in [0.25, 0.3) is 11.6 Å². The largest absolute Gasteiger partial charge is 0.293 e. The van der Waals surface area contributed by atoms with Crippen LogP contribution in [0.4, 0.5) is 5.69 Å². The van der Waals surface area contributed by atoms with Crippen molar-refractivity contribution in [1.29, 1.82) is 0 Å². The zero-order valence-electron chi connectivity index (χ0n) is 12.9. The summed E-state index contributed by atoms with van der Waals surface area (Å²) in [5, 5.41) is 10.8. The average Bonchev–Trinajstić information content (AvgIpc) is 2.79.